The first-order valence-corrected chi connectivity index (χ1v) is 7.59. The van der Waals surface area contributed by atoms with Crippen molar-refractivity contribution in [2.45, 2.75) is 44.6 Å². The molecule has 1 atom stereocenters. The SMILES string of the molecule is COc1c(Br)cc(C(C)C(=O)O)cc1OC1CCCC1. The molecule has 110 valence electrons. The lowest BCUT2D eigenvalue weighted by Gasteiger charge is -2.19. The standard InChI is InChI=1S/C15H19BrO4/c1-9(15(17)18)10-7-12(16)14(19-2)13(8-10)20-11-5-3-4-6-11/h7-9,11H,3-6H2,1-2H3,(H,17,18). The quantitative estimate of drug-likeness (QED) is 0.879. The number of carbonyl (C=O) groups is 1. The topological polar surface area (TPSA) is 55.8 Å². The summed E-state index contributed by atoms with van der Waals surface area (Å²) < 4.78 is 12.1. The summed E-state index contributed by atoms with van der Waals surface area (Å²) in [6.07, 6.45) is 4.64. The van der Waals surface area contributed by atoms with Crippen LogP contribution in [0.1, 0.15) is 44.1 Å². The van der Waals surface area contributed by atoms with E-state index < -0.39 is 11.9 Å². The Bertz CT molecular complexity index is 495. The molecule has 1 aliphatic rings. The van der Waals surface area contributed by atoms with Crippen molar-refractivity contribution in [1.82, 2.24) is 0 Å². The van der Waals surface area contributed by atoms with Crippen molar-refractivity contribution >= 4 is 21.9 Å². The van der Waals surface area contributed by atoms with Gasteiger partial charge in [0.1, 0.15) is 0 Å². The van der Waals surface area contributed by atoms with Crippen LogP contribution in [0.3, 0.4) is 0 Å². The molecule has 2 rings (SSSR count). The predicted octanol–water partition coefficient (Wildman–Crippen LogP) is 3.97. The monoisotopic (exact) mass is 342 g/mol. The fourth-order valence-electron chi connectivity index (χ4n) is 2.45. The second-order valence-corrected chi connectivity index (χ2v) is 5.97. The van der Waals surface area contributed by atoms with Crippen molar-refractivity contribution in [2.75, 3.05) is 7.11 Å². The molecule has 1 unspecified atom stereocenters. The minimum Gasteiger partial charge on any atom is -0.492 e. The van der Waals surface area contributed by atoms with Gasteiger partial charge in [-0.05, 0) is 66.2 Å². The van der Waals surface area contributed by atoms with Crippen LogP contribution in [-0.4, -0.2) is 24.3 Å². The molecular weight excluding hydrogens is 324 g/mol. The molecule has 0 heterocycles. The van der Waals surface area contributed by atoms with Gasteiger partial charge in [0.2, 0.25) is 0 Å². The van der Waals surface area contributed by atoms with Gasteiger partial charge in [0.25, 0.3) is 0 Å². The zero-order valence-corrected chi connectivity index (χ0v) is 13.3. The van der Waals surface area contributed by atoms with E-state index in [-0.39, 0.29) is 6.10 Å². The van der Waals surface area contributed by atoms with Crippen molar-refractivity contribution in [3.8, 4) is 11.5 Å². The van der Waals surface area contributed by atoms with E-state index in [1.165, 1.54) is 12.8 Å². The number of carboxylic acids is 1. The third-order valence-electron chi connectivity index (χ3n) is 3.70. The van der Waals surface area contributed by atoms with E-state index in [0.717, 1.165) is 17.3 Å². The fourth-order valence-corrected chi connectivity index (χ4v) is 3.07. The highest BCUT2D eigenvalue weighted by molar-refractivity contribution is 9.10. The lowest BCUT2D eigenvalue weighted by atomic mass is 10.0. The van der Waals surface area contributed by atoms with Gasteiger partial charge in [-0.15, -0.1) is 0 Å². The Hall–Kier alpha value is -1.23. The average molecular weight is 343 g/mol. The summed E-state index contributed by atoms with van der Waals surface area (Å²) in [6.45, 7) is 1.66. The first-order valence-electron chi connectivity index (χ1n) is 6.79. The molecule has 20 heavy (non-hydrogen) atoms. The van der Waals surface area contributed by atoms with Crippen LogP contribution in [-0.2, 0) is 4.79 Å². The molecule has 5 heteroatoms. The second kappa shape index (κ2) is 6.48. The van der Waals surface area contributed by atoms with Gasteiger partial charge in [0.05, 0.1) is 23.6 Å². The summed E-state index contributed by atoms with van der Waals surface area (Å²) in [6, 6.07) is 3.56. The normalized spacial score (nSPS) is 16.9. The number of carboxylic acid groups (broad SMARTS) is 1. The van der Waals surface area contributed by atoms with Crippen molar-refractivity contribution in [2.24, 2.45) is 0 Å². The average Bonchev–Trinajstić information content (AvgIpc) is 2.90. The van der Waals surface area contributed by atoms with Crippen LogP contribution in [0.15, 0.2) is 16.6 Å². The minimum absolute atomic E-state index is 0.200. The predicted molar refractivity (Wildman–Crippen MR) is 79.6 cm³/mol. The second-order valence-electron chi connectivity index (χ2n) is 5.12. The zero-order chi connectivity index (χ0) is 14.7. The highest BCUT2D eigenvalue weighted by Crippen LogP contribution is 2.40. The van der Waals surface area contributed by atoms with E-state index in [1.807, 2.05) is 0 Å². The summed E-state index contributed by atoms with van der Waals surface area (Å²) >= 11 is 3.43. The molecule has 1 saturated carbocycles. The summed E-state index contributed by atoms with van der Waals surface area (Å²) in [7, 11) is 1.59. The van der Waals surface area contributed by atoms with Crippen LogP contribution < -0.4 is 9.47 Å². The number of ether oxygens (including phenoxy) is 2. The number of hydrogen-bond donors (Lipinski definition) is 1. The van der Waals surface area contributed by atoms with Crippen molar-refractivity contribution in [1.29, 1.82) is 0 Å². The number of halogens is 1. The molecule has 4 nitrogen and oxygen atoms in total. The van der Waals surface area contributed by atoms with Crippen LogP contribution >= 0.6 is 15.9 Å². The third kappa shape index (κ3) is 3.26. The molecule has 0 saturated heterocycles. The van der Waals surface area contributed by atoms with Crippen LogP contribution in [0.25, 0.3) is 0 Å². The van der Waals surface area contributed by atoms with E-state index in [0.29, 0.717) is 17.1 Å². The van der Waals surface area contributed by atoms with Crippen LogP contribution in [0.2, 0.25) is 0 Å². The van der Waals surface area contributed by atoms with E-state index in [2.05, 4.69) is 15.9 Å². The summed E-state index contributed by atoms with van der Waals surface area (Å²) in [5.41, 5.74) is 0.707. The van der Waals surface area contributed by atoms with Crippen LogP contribution in [0.4, 0.5) is 0 Å². The van der Waals surface area contributed by atoms with E-state index in [9.17, 15) is 4.79 Å². The first-order chi connectivity index (χ1) is 9.52. The first kappa shape index (κ1) is 15.2. The smallest absolute Gasteiger partial charge is 0.310 e. The number of rotatable bonds is 5. The maximum Gasteiger partial charge on any atom is 0.310 e. The van der Waals surface area contributed by atoms with Gasteiger partial charge >= 0.3 is 5.97 Å². The van der Waals surface area contributed by atoms with Crippen molar-refractivity contribution in [3.63, 3.8) is 0 Å². The van der Waals surface area contributed by atoms with Crippen LogP contribution in [0.5, 0.6) is 11.5 Å². The fraction of sp³-hybridized carbons (Fsp3) is 0.533. The molecule has 0 bridgehead atoms. The zero-order valence-electron chi connectivity index (χ0n) is 11.7. The number of hydrogen-bond acceptors (Lipinski definition) is 3. The van der Waals surface area contributed by atoms with Crippen molar-refractivity contribution in [3.05, 3.63) is 22.2 Å². The van der Waals surface area contributed by atoms with Gasteiger partial charge < -0.3 is 14.6 Å². The number of methoxy groups -OCH3 is 1. The summed E-state index contributed by atoms with van der Waals surface area (Å²) in [5, 5.41) is 9.14. The Labute approximate surface area is 127 Å². The van der Waals surface area contributed by atoms with Crippen LogP contribution in [0, 0.1) is 0 Å². The van der Waals surface area contributed by atoms with E-state index >= 15 is 0 Å². The molecule has 1 fully saturated rings. The molecule has 0 aliphatic heterocycles. The third-order valence-corrected chi connectivity index (χ3v) is 4.29. The Morgan fingerprint density at radius 1 is 1.40 bits per heavy atom. The Balaban J connectivity index is 2.33. The molecule has 1 N–H and O–H groups in total. The van der Waals surface area contributed by atoms with Gasteiger partial charge in [-0.3, -0.25) is 4.79 Å². The number of benzene rings is 1. The molecule has 0 aromatic heterocycles. The highest BCUT2D eigenvalue weighted by atomic mass is 79.9. The Morgan fingerprint density at radius 2 is 2.05 bits per heavy atom. The summed E-state index contributed by atoms with van der Waals surface area (Å²) in [5.74, 6) is -0.188. The van der Waals surface area contributed by atoms with Gasteiger partial charge in [0.15, 0.2) is 11.5 Å². The van der Waals surface area contributed by atoms with E-state index in [4.69, 9.17) is 14.6 Å². The Kier molecular flexibility index (Phi) is 4.91. The van der Waals surface area contributed by atoms with Gasteiger partial charge in [-0.2, -0.15) is 0 Å². The van der Waals surface area contributed by atoms with E-state index in [1.54, 1.807) is 26.2 Å². The van der Waals surface area contributed by atoms with Crippen molar-refractivity contribution < 1.29 is 19.4 Å². The van der Waals surface area contributed by atoms with Gasteiger partial charge in [0, 0.05) is 0 Å². The molecule has 1 aromatic carbocycles. The lowest BCUT2D eigenvalue weighted by molar-refractivity contribution is -0.138. The molecule has 0 radical (unpaired) electrons. The number of aliphatic carboxylic acids is 1. The maximum atomic E-state index is 11.1. The molecular formula is C15H19BrO4. The summed E-state index contributed by atoms with van der Waals surface area (Å²) in [4.78, 5) is 11.1. The molecule has 1 aliphatic carbocycles. The lowest BCUT2D eigenvalue weighted by Crippen LogP contribution is -2.13. The molecule has 1 aromatic rings. The van der Waals surface area contributed by atoms with Gasteiger partial charge in [-0.25, -0.2) is 0 Å². The molecule has 0 amide bonds. The minimum atomic E-state index is -0.853. The maximum absolute atomic E-state index is 11.1. The molecule has 0 spiro atoms. The van der Waals surface area contributed by atoms with Gasteiger partial charge in [-0.1, -0.05) is 0 Å². The largest absolute Gasteiger partial charge is 0.492 e. The highest BCUT2D eigenvalue weighted by Gasteiger charge is 2.22. The Morgan fingerprint density at radius 3 is 2.60 bits per heavy atom.